The van der Waals surface area contributed by atoms with Crippen LogP contribution in [0.3, 0.4) is 0 Å². The lowest BCUT2D eigenvalue weighted by molar-refractivity contribution is -0.135. The van der Waals surface area contributed by atoms with E-state index >= 15 is 0 Å². The topological polar surface area (TPSA) is 140 Å². The first kappa shape index (κ1) is 36.2. The molecule has 1 fully saturated rings. The van der Waals surface area contributed by atoms with Crippen LogP contribution in [-0.2, 0) is 33.6 Å². The zero-order valence-corrected chi connectivity index (χ0v) is 31.1. The molecule has 0 aliphatic carbocycles. The van der Waals surface area contributed by atoms with Gasteiger partial charge in [0.1, 0.15) is 11.8 Å². The zero-order valence-electron chi connectivity index (χ0n) is 31.1. The van der Waals surface area contributed by atoms with Gasteiger partial charge in [-0.3, -0.25) is 24.2 Å². The highest BCUT2D eigenvalue weighted by molar-refractivity contribution is 5.77. The molecule has 7 rings (SSSR count). The monoisotopic (exact) mass is 722 g/mol. The molecule has 0 aromatic heterocycles. The van der Waals surface area contributed by atoms with Crippen molar-refractivity contribution in [2.45, 2.75) is 96.4 Å². The molecular weight excluding hydrogens is 676 g/mol. The highest BCUT2D eigenvalue weighted by Crippen LogP contribution is 2.58. The summed E-state index contributed by atoms with van der Waals surface area (Å²) in [6, 6.07) is 12.4. The van der Waals surface area contributed by atoms with Crippen LogP contribution in [-0.4, -0.2) is 73.3 Å². The van der Waals surface area contributed by atoms with Crippen LogP contribution in [0.15, 0.2) is 36.4 Å². The molecule has 2 bridgehead atoms. The number of piperazine rings is 1. The number of fused-ring (bicyclic) bond motifs is 9. The number of benzene rings is 3. The number of carbonyl (C=O) groups excluding carboxylic acids is 3. The number of ether oxygens (including phenoxy) is 5. The highest BCUT2D eigenvalue weighted by Gasteiger charge is 2.57. The number of hydrogen-bond donors (Lipinski definition) is 1. The van der Waals surface area contributed by atoms with E-state index < -0.39 is 18.1 Å². The van der Waals surface area contributed by atoms with Gasteiger partial charge in [0.15, 0.2) is 23.0 Å². The van der Waals surface area contributed by atoms with Crippen molar-refractivity contribution in [3.8, 4) is 34.8 Å². The fourth-order valence-corrected chi connectivity index (χ4v) is 8.96. The maximum Gasteiger partial charge on any atom is 0.311 e. The standard InChI is InChI=1S/C41H46N4O8/c1-7-11-33(48)53-41-34-26(16-22(2)37(41)49-6)17-28-30(19-42)45-29(36(34)44(28)5)18-27-35(40-39(50-21-51-40)23(3)38(27)52-24(4)46)31(45)20-43-32(47)15-14-25-12-9-8-10-13-25/h8-10,12-13,16,28-31,36H,7,11,14-15,17-18,20-21H2,1-6H3,(H,43,47)/t28?,29-,30-,31-,36?/m0/s1. The van der Waals surface area contributed by atoms with Gasteiger partial charge in [0.25, 0.3) is 0 Å². The van der Waals surface area contributed by atoms with Crippen LogP contribution < -0.4 is 29.0 Å². The SMILES string of the molecule is CCCC(=O)Oc1c(OC)c(C)cc2c1C1[C@@H]3Cc4c(OC(C)=O)c(C)c5c(c4[C@H](CNC(=O)CCc4ccccc4)N3[C@@H](C#N)C(C2)N1C)OCO5. The number of rotatable bonds is 10. The third-order valence-electron chi connectivity index (χ3n) is 11.1. The first-order valence-corrected chi connectivity index (χ1v) is 18.3. The largest absolute Gasteiger partial charge is 0.493 e. The number of methoxy groups -OCH3 is 1. The average Bonchev–Trinajstić information content (AvgIpc) is 3.62. The first-order valence-electron chi connectivity index (χ1n) is 18.3. The Kier molecular flexibility index (Phi) is 10.1. The summed E-state index contributed by atoms with van der Waals surface area (Å²) in [5, 5.41) is 14.2. The van der Waals surface area contributed by atoms with Crippen molar-refractivity contribution in [1.82, 2.24) is 15.1 Å². The number of carbonyl (C=O) groups is 3. The Bertz CT molecular complexity index is 1990. The van der Waals surface area contributed by atoms with Gasteiger partial charge in [-0.1, -0.05) is 43.3 Å². The molecule has 0 spiro atoms. The molecule has 4 aliphatic rings. The molecule has 3 aromatic rings. The highest BCUT2D eigenvalue weighted by atomic mass is 16.7. The molecule has 0 saturated carbocycles. The van der Waals surface area contributed by atoms with Crippen molar-refractivity contribution in [2.75, 3.05) is 27.5 Å². The predicted molar refractivity (Wildman–Crippen MR) is 194 cm³/mol. The lowest BCUT2D eigenvalue weighted by Crippen LogP contribution is -2.68. The Morgan fingerprint density at radius 2 is 1.74 bits per heavy atom. The minimum atomic E-state index is -0.598. The molecule has 12 heteroatoms. The van der Waals surface area contributed by atoms with Gasteiger partial charge in [-0.15, -0.1) is 0 Å². The maximum absolute atomic E-state index is 13.5. The quantitative estimate of drug-likeness (QED) is 0.219. The Balaban J connectivity index is 1.39. The third kappa shape index (κ3) is 6.36. The minimum Gasteiger partial charge on any atom is -0.493 e. The number of nitriles is 1. The molecule has 3 aromatic carbocycles. The average molecular weight is 723 g/mol. The minimum absolute atomic E-state index is 0.0135. The molecule has 1 N–H and O–H groups in total. The van der Waals surface area contributed by atoms with E-state index in [0.717, 1.165) is 33.4 Å². The molecule has 1 amide bonds. The van der Waals surface area contributed by atoms with Crippen LogP contribution in [0.25, 0.3) is 0 Å². The van der Waals surface area contributed by atoms with Crippen molar-refractivity contribution >= 4 is 17.8 Å². The van der Waals surface area contributed by atoms with Crippen molar-refractivity contribution in [3.63, 3.8) is 0 Å². The Morgan fingerprint density at radius 3 is 2.43 bits per heavy atom. The summed E-state index contributed by atoms with van der Waals surface area (Å²) in [7, 11) is 3.59. The van der Waals surface area contributed by atoms with Crippen molar-refractivity contribution < 1.29 is 38.1 Å². The van der Waals surface area contributed by atoms with E-state index in [-0.39, 0.29) is 56.2 Å². The summed E-state index contributed by atoms with van der Waals surface area (Å²) in [4.78, 5) is 43.7. The summed E-state index contributed by atoms with van der Waals surface area (Å²) >= 11 is 0. The lowest BCUT2D eigenvalue weighted by Gasteiger charge is -2.60. The summed E-state index contributed by atoms with van der Waals surface area (Å²) < 4.78 is 30.2. The van der Waals surface area contributed by atoms with E-state index in [1.165, 1.54) is 6.92 Å². The normalized spacial score (nSPS) is 22.5. The Labute approximate surface area is 309 Å². The van der Waals surface area contributed by atoms with Gasteiger partial charge < -0.3 is 29.0 Å². The summed E-state index contributed by atoms with van der Waals surface area (Å²) in [6.07, 6.45) is 2.64. The molecule has 53 heavy (non-hydrogen) atoms. The molecule has 278 valence electrons. The Morgan fingerprint density at radius 1 is 0.981 bits per heavy atom. The number of hydrogen-bond acceptors (Lipinski definition) is 11. The molecule has 0 radical (unpaired) electrons. The van der Waals surface area contributed by atoms with Crippen LogP contribution in [0.2, 0.25) is 0 Å². The van der Waals surface area contributed by atoms with Crippen LogP contribution in [0.4, 0.5) is 0 Å². The van der Waals surface area contributed by atoms with Crippen molar-refractivity contribution in [2.24, 2.45) is 0 Å². The molecule has 5 atom stereocenters. The predicted octanol–water partition coefficient (Wildman–Crippen LogP) is 5.19. The Hall–Kier alpha value is -5.12. The van der Waals surface area contributed by atoms with E-state index in [9.17, 15) is 19.6 Å². The summed E-state index contributed by atoms with van der Waals surface area (Å²) in [5.74, 6) is 1.33. The number of likely N-dealkylation sites (N-methyl/N-ethyl adjacent to an activating group) is 1. The zero-order chi connectivity index (χ0) is 37.6. The van der Waals surface area contributed by atoms with Crippen molar-refractivity contribution in [1.29, 1.82) is 5.26 Å². The van der Waals surface area contributed by atoms with Gasteiger partial charge in [0, 0.05) is 60.6 Å². The number of nitrogens with zero attached hydrogens (tertiary/aromatic N) is 3. The summed E-state index contributed by atoms with van der Waals surface area (Å²) in [5.41, 5.74) is 5.86. The second kappa shape index (κ2) is 14.7. The molecular formula is C41H46N4O8. The van der Waals surface area contributed by atoms with E-state index in [0.29, 0.717) is 60.0 Å². The molecule has 4 aliphatic heterocycles. The van der Waals surface area contributed by atoms with E-state index in [1.807, 2.05) is 58.2 Å². The number of aryl methyl sites for hydroxylation is 2. The smallest absolute Gasteiger partial charge is 0.311 e. The fraction of sp³-hybridized carbons (Fsp3) is 0.463. The van der Waals surface area contributed by atoms with Crippen molar-refractivity contribution in [3.05, 3.63) is 75.3 Å². The van der Waals surface area contributed by atoms with Gasteiger partial charge in [0.05, 0.1) is 25.3 Å². The maximum atomic E-state index is 13.5. The molecule has 2 unspecified atom stereocenters. The second-order valence-corrected chi connectivity index (χ2v) is 14.3. The third-order valence-corrected chi connectivity index (χ3v) is 11.1. The van der Waals surface area contributed by atoms with Gasteiger partial charge in [0.2, 0.25) is 12.7 Å². The molecule has 1 saturated heterocycles. The summed E-state index contributed by atoms with van der Waals surface area (Å²) in [6.45, 7) is 7.22. The van der Waals surface area contributed by atoms with E-state index in [1.54, 1.807) is 7.11 Å². The van der Waals surface area contributed by atoms with Gasteiger partial charge in [-0.05, 0) is 63.3 Å². The van der Waals surface area contributed by atoms with E-state index in [4.69, 9.17) is 23.7 Å². The van der Waals surface area contributed by atoms with Crippen LogP contribution >= 0.6 is 0 Å². The molecule has 12 nitrogen and oxygen atoms in total. The van der Waals surface area contributed by atoms with Crippen LogP contribution in [0, 0.1) is 25.2 Å². The first-order chi connectivity index (χ1) is 25.6. The number of esters is 2. The lowest BCUT2D eigenvalue weighted by atomic mass is 9.71. The van der Waals surface area contributed by atoms with E-state index in [2.05, 4.69) is 27.3 Å². The fourth-order valence-electron chi connectivity index (χ4n) is 8.96. The van der Waals surface area contributed by atoms with Gasteiger partial charge >= 0.3 is 11.9 Å². The van der Waals surface area contributed by atoms with Crippen LogP contribution in [0.1, 0.15) is 84.1 Å². The van der Waals surface area contributed by atoms with Gasteiger partial charge in [-0.2, -0.15) is 5.26 Å². The molecule has 4 heterocycles. The number of amides is 1. The van der Waals surface area contributed by atoms with Crippen LogP contribution in [0.5, 0.6) is 28.7 Å². The van der Waals surface area contributed by atoms with Gasteiger partial charge in [-0.25, -0.2) is 0 Å². The second-order valence-electron chi connectivity index (χ2n) is 14.3. The number of nitrogens with one attached hydrogen (secondary N) is 1.